The summed E-state index contributed by atoms with van der Waals surface area (Å²) in [4.78, 5) is 14.1. The summed E-state index contributed by atoms with van der Waals surface area (Å²) < 4.78 is 26.8. The third kappa shape index (κ3) is 3.60. The first-order valence-electron chi connectivity index (χ1n) is 9.23. The molecule has 1 atom stereocenters. The zero-order chi connectivity index (χ0) is 21.3. The molecule has 0 aromatic heterocycles. The molecule has 1 amide bonds. The third-order valence-electron chi connectivity index (χ3n) is 4.98. The van der Waals surface area contributed by atoms with Gasteiger partial charge in [-0.2, -0.15) is 0 Å². The maximum Gasteiger partial charge on any atom is 0.290 e. The monoisotopic (exact) mass is 439 g/mol. The van der Waals surface area contributed by atoms with Crippen LogP contribution in [0.3, 0.4) is 0 Å². The predicted molar refractivity (Wildman–Crippen MR) is 114 cm³/mol. The number of sulfone groups is 1. The SMILES string of the molecule is O=C1C(O)=C(S(=O)(=O)c2ccccc2)C(c2ccccc2)N1Cc1ccc(Cl)cc1. The van der Waals surface area contributed by atoms with Gasteiger partial charge in [-0.15, -0.1) is 0 Å². The molecule has 5 nitrogen and oxygen atoms in total. The fraction of sp³-hybridized carbons (Fsp3) is 0.0870. The van der Waals surface area contributed by atoms with Crippen molar-refractivity contribution in [3.8, 4) is 0 Å². The molecule has 0 saturated carbocycles. The molecule has 1 aliphatic heterocycles. The Morgan fingerprint density at radius 1 is 0.867 bits per heavy atom. The highest BCUT2D eigenvalue weighted by molar-refractivity contribution is 7.95. The standard InChI is InChI=1S/C23H18ClNO4S/c24-18-13-11-16(12-14-18)15-25-20(17-7-3-1-4-8-17)22(21(26)23(25)27)30(28,29)19-9-5-2-6-10-19/h1-14,20,26H,15H2. The van der Waals surface area contributed by atoms with E-state index in [1.165, 1.54) is 17.0 Å². The normalized spacial score (nSPS) is 16.9. The maximum atomic E-state index is 13.4. The minimum atomic E-state index is -4.10. The van der Waals surface area contributed by atoms with E-state index in [0.29, 0.717) is 10.6 Å². The van der Waals surface area contributed by atoms with Crippen LogP contribution in [-0.2, 0) is 21.2 Å². The minimum Gasteiger partial charge on any atom is -0.502 e. The van der Waals surface area contributed by atoms with E-state index in [1.807, 2.05) is 0 Å². The van der Waals surface area contributed by atoms with E-state index in [9.17, 15) is 18.3 Å². The van der Waals surface area contributed by atoms with Crippen LogP contribution in [0.2, 0.25) is 5.02 Å². The Hall–Kier alpha value is -3.09. The Kier molecular flexibility index (Phi) is 5.37. The van der Waals surface area contributed by atoms with Crippen LogP contribution in [0.15, 0.2) is 100 Å². The van der Waals surface area contributed by atoms with Crippen LogP contribution < -0.4 is 0 Å². The summed E-state index contributed by atoms with van der Waals surface area (Å²) in [5.41, 5.74) is 1.36. The molecule has 1 aliphatic rings. The fourth-order valence-electron chi connectivity index (χ4n) is 3.55. The van der Waals surface area contributed by atoms with Crippen LogP contribution in [0.25, 0.3) is 0 Å². The van der Waals surface area contributed by atoms with Crippen LogP contribution in [0.1, 0.15) is 17.2 Å². The van der Waals surface area contributed by atoms with Crippen LogP contribution in [0.4, 0.5) is 0 Å². The lowest BCUT2D eigenvalue weighted by Gasteiger charge is -2.27. The zero-order valence-corrected chi connectivity index (χ0v) is 17.3. The Bertz CT molecular complexity index is 1210. The first-order valence-corrected chi connectivity index (χ1v) is 11.1. The summed E-state index contributed by atoms with van der Waals surface area (Å²) in [6.07, 6.45) is 0. The Morgan fingerprint density at radius 2 is 1.43 bits per heavy atom. The molecule has 1 N–H and O–H groups in total. The summed E-state index contributed by atoms with van der Waals surface area (Å²) in [6, 6.07) is 22.6. The van der Waals surface area contributed by atoms with Gasteiger partial charge in [-0.3, -0.25) is 4.79 Å². The van der Waals surface area contributed by atoms with Crippen LogP contribution in [0, 0.1) is 0 Å². The van der Waals surface area contributed by atoms with E-state index in [0.717, 1.165) is 5.56 Å². The molecule has 4 rings (SSSR count). The minimum absolute atomic E-state index is 0.0219. The van der Waals surface area contributed by atoms with Gasteiger partial charge in [0.1, 0.15) is 4.91 Å². The van der Waals surface area contributed by atoms with E-state index in [2.05, 4.69) is 0 Å². The van der Waals surface area contributed by atoms with Crippen molar-refractivity contribution in [2.75, 3.05) is 0 Å². The molecule has 1 unspecified atom stereocenters. The van der Waals surface area contributed by atoms with E-state index in [-0.39, 0.29) is 16.3 Å². The highest BCUT2D eigenvalue weighted by Crippen LogP contribution is 2.43. The Morgan fingerprint density at radius 3 is 2.03 bits per heavy atom. The quantitative estimate of drug-likeness (QED) is 0.627. The highest BCUT2D eigenvalue weighted by Gasteiger charge is 2.46. The predicted octanol–water partition coefficient (Wildman–Crippen LogP) is 4.67. The Labute approximate surface area is 179 Å². The van der Waals surface area contributed by atoms with Crippen molar-refractivity contribution in [1.82, 2.24) is 4.90 Å². The van der Waals surface area contributed by atoms with Gasteiger partial charge >= 0.3 is 0 Å². The van der Waals surface area contributed by atoms with Crippen molar-refractivity contribution in [1.29, 1.82) is 0 Å². The summed E-state index contributed by atoms with van der Waals surface area (Å²) in [7, 11) is -4.10. The topological polar surface area (TPSA) is 74.7 Å². The van der Waals surface area contributed by atoms with Gasteiger partial charge in [-0.1, -0.05) is 72.3 Å². The molecule has 0 saturated heterocycles. The van der Waals surface area contributed by atoms with Gasteiger partial charge in [-0.25, -0.2) is 8.42 Å². The van der Waals surface area contributed by atoms with Gasteiger partial charge < -0.3 is 10.0 Å². The second kappa shape index (κ2) is 7.97. The largest absolute Gasteiger partial charge is 0.502 e. The fourth-order valence-corrected chi connectivity index (χ4v) is 5.34. The first-order chi connectivity index (χ1) is 14.4. The molecule has 3 aromatic rings. The van der Waals surface area contributed by atoms with E-state index < -0.39 is 27.5 Å². The van der Waals surface area contributed by atoms with Gasteiger partial charge in [-0.05, 0) is 35.4 Å². The molecule has 0 aliphatic carbocycles. The summed E-state index contributed by atoms with van der Waals surface area (Å²) in [6.45, 7) is 0.118. The molecule has 1 heterocycles. The maximum absolute atomic E-state index is 13.4. The van der Waals surface area contributed by atoms with Crippen LogP contribution >= 0.6 is 11.6 Å². The first kappa shape index (κ1) is 20.2. The number of aliphatic hydroxyl groups excluding tert-OH is 1. The number of benzene rings is 3. The number of amides is 1. The van der Waals surface area contributed by atoms with Crippen molar-refractivity contribution in [3.05, 3.63) is 112 Å². The molecule has 7 heteroatoms. The number of rotatable bonds is 5. The second-order valence-electron chi connectivity index (χ2n) is 6.90. The number of aliphatic hydroxyl groups is 1. The summed E-state index contributed by atoms with van der Waals surface area (Å²) >= 11 is 5.95. The molecular formula is C23H18ClNO4S. The van der Waals surface area contributed by atoms with Crippen molar-refractivity contribution in [2.45, 2.75) is 17.5 Å². The third-order valence-corrected chi connectivity index (χ3v) is 7.12. The molecule has 0 fully saturated rings. The van der Waals surface area contributed by atoms with E-state index in [1.54, 1.807) is 72.8 Å². The average Bonchev–Trinajstić information content (AvgIpc) is 3.02. The molecule has 3 aromatic carbocycles. The molecule has 0 bridgehead atoms. The van der Waals surface area contributed by atoms with Crippen molar-refractivity contribution in [2.24, 2.45) is 0 Å². The molecular weight excluding hydrogens is 422 g/mol. The van der Waals surface area contributed by atoms with Crippen molar-refractivity contribution in [3.63, 3.8) is 0 Å². The number of nitrogens with zero attached hydrogens (tertiary/aromatic N) is 1. The number of hydrogen-bond donors (Lipinski definition) is 1. The lowest BCUT2D eigenvalue weighted by molar-refractivity contribution is -0.130. The van der Waals surface area contributed by atoms with Gasteiger partial charge in [0.05, 0.1) is 10.9 Å². The highest BCUT2D eigenvalue weighted by atomic mass is 35.5. The molecule has 0 radical (unpaired) electrons. The smallest absolute Gasteiger partial charge is 0.290 e. The lowest BCUT2D eigenvalue weighted by Crippen LogP contribution is -2.30. The van der Waals surface area contributed by atoms with Gasteiger partial charge in [0.2, 0.25) is 9.84 Å². The van der Waals surface area contributed by atoms with E-state index >= 15 is 0 Å². The molecule has 30 heavy (non-hydrogen) atoms. The van der Waals surface area contributed by atoms with Gasteiger partial charge in [0.25, 0.3) is 5.91 Å². The number of carbonyl (C=O) groups excluding carboxylic acids is 1. The second-order valence-corrected chi connectivity index (χ2v) is 9.26. The Balaban J connectivity index is 1.84. The zero-order valence-electron chi connectivity index (χ0n) is 15.8. The van der Waals surface area contributed by atoms with Gasteiger partial charge in [0, 0.05) is 11.6 Å². The van der Waals surface area contributed by atoms with Crippen LogP contribution in [-0.4, -0.2) is 24.3 Å². The van der Waals surface area contributed by atoms with Gasteiger partial charge in [0.15, 0.2) is 5.76 Å². The lowest BCUT2D eigenvalue weighted by atomic mass is 10.1. The van der Waals surface area contributed by atoms with Crippen molar-refractivity contribution < 1.29 is 18.3 Å². The summed E-state index contributed by atoms with van der Waals surface area (Å²) in [5.74, 6) is -1.48. The number of halogens is 1. The van der Waals surface area contributed by atoms with Crippen molar-refractivity contribution >= 4 is 27.3 Å². The number of hydrogen-bond acceptors (Lipinski definition) is 4. The van der Waals surface area contributed by atoms with Crippen LogP contribution in [0.5, 0.6) is 0 Å². The van der Waals surface area contributed by atoms with E-state index in [4.69, 9.17) is 11.6 Å². The summed E-state index contributed by atoms with van der Waals surface area (Å²) in [5, 5.41) is 11.2. The number of carbonyl (C=O) groups is 1. The molecule has 0 spiro atoms. The average molecular weight is 440 g/mol. The molecule has 152 valence electrons.